The minimum absolute atomic E-state index is 0.0723. The monoisotopic (exact) mass is 346 g/mol. The van der Waals surface area contributed by atoms with Crippen molar-refractivity contribution in [2.24, 2.45) is 0 Å². The average molecular weight is 346 g/mol. The first-order chi connectivity index (χ1) is 11.8. The van der Waals surface area contributed by atoms with Crippen molar-refractivity contribution in [1.29, 1.82) is 0 Å². The molecule has 1 aromatic carbocycles. The summed E-state index contributed by atoms with van der Waals surface area (Å²) in [7, 11) is 1.61. The Bertz CT molecular complexity index is 637. The van der Waals surface area contributed by atoms with Crippen LogP contribution in [0, 0.1) is 0 Å². The van der Waals surface area contributed by atoms with E-state index in [2.05, 4.69) is 10.2 Å². The number of carbonyl (C=O) groups excluding carboxylic acids is 1. The quantitative estimate of drug-likeness (QED) is 0.872. The molecule has 1 N–H and O–H groups in total. The first-order valence-electron chi connectivity index (χ1n) is 8.05. The summed E-state index contributed by atoms with van der Waals surface area (Å²) in [5, 5.41) is 3.03. The predicted octanol–water partition coefficient (Wildman–Crippen LogP) is 2.81. The lowest BCUT2D eigenvalue weighted by Gasteiger charge is -2.33. The van der Waals surface area contributed by atoms with Crippen molar-refractivity contribution in [2.45, 2.75) is 6.04 Å². The molecule has 128 valence electrons. The molecule has 1 aliphatic heterocycles. The second-order valence-electron chi connectivity index (χ2n) is 5.62. The minimum atomic E-state index is -0.0828. The Balaban J connectivity index is 1.65. The highest BCUT2D eigenvalue weighted by Gasteiger charge is 2.25. The van der Waals surface area contributed by atoms with Crippen LogP contribution in [-0.2, 0) is 0 Å². The van der Waals surface area contributed by atoms with Gasteiger partial charge in [0.25, 0.3) is 5.91 Å². The van der Waals surface area contributed by atoms with Crippen molar-refractivity contribution in [3.05, 3.63) is 54.0 Å². The second kappa shape index (κ2) is 8.26. The molecule has 0 saturated carbocycles. The van der Waals surface area contributed by atoms with Crippen LogP contribution in [0.4, 0.5) is 0 Å². The molecule has 1 unspecified atom stereocenters. The lowest BCUT2D eigenvalue weighted by molar-refractivity contribution is 0.0929. The van der Waals surface area contributed by atoms with Crippen LogP contribution in [0.5, 0.6) is 5.75 Å². The van der Waals surface area contributed by atoms with Gasteiger partial charge in [0.2, 0.25) is 0 Å². The summed E-state index contributed by atoms with van der Waals surface area (Å²) in [6.45, 7) is 2.55. The largest absolute Gasteiger partial charge is 0.497 e. The SMILES string of the molecule is COc1ccc(C(=O)NCC(c2ccco2)N2CCSCC2)cc1. The van der Waals surface area contributed by atoms with E-state index in [1.54, 1.807) is 37.6 Å². The van der Waals surface area contributed by atoms with Gasteiger partial charge < -0.3 is 14.5 Å². The molecule has 0 spiro atoms. The van der Waals surface area contributed by atoms with Gasteiger partial charge in [-0.1, -0.05) is 0 Å². The minimum Gasteiger partial charge on any atom is -0.497 e. The van der Waals surface area contributed by atoms with Crippen LogP contribution in [0.15, 0.2) is 47.1 Å². The van der Waals surface area contributed by atoms with Crippen molar-refractivity contribution in [1.82, 2.24) is 10.2 Å². The molecule has 1 aliphatic rings. The molecule has 2 heterocycles. The van der Waals surface area contributed by atoms with E-state index in [-0.39, 0.29) is 11.9 Å². The number of amides is 1. The number of ether oxygens (including phenoxy) is 1. The van der Waals surface area contributed by atoms with E-state index < -0.39 is 0 Å². The van der Waals surface area contributed by atoms with Gasteiger partial charge in [-0.25, -0.2) is 0 Å². The number of nitrogens with zero attached hydrogens (tertiary/aromatic N) is 1. The van der Waals surface area contributed by atoms with E-state index in [1.807, 2.05) is 23.9 Å². The van der Waals surface area contributed by atoms with Gasteiger partial charge in [-0.2, -0.15) is 11.8 Å². The Morgan fingerprint density at radius 3 is 2.67 bits per heavy atom. The Labute approximate surface area is 146 Å². The fourth-order valence-corrected chi connectivity index (χ4v) is 3.74. The average Bonchev–Trinajstić information content (AvgIpc) is 3.17. The van der Waals surface area contributed by atoms with Gasteiger partial charge in [0.05, 0.1) is 19.4 Å². The second-order valence-corrected chi connectivity index (χ2v) is 6.84. The van der Waals surface area contributed by atoms with Crippen molar-refractivity contribution in [2.75, 3.05) is 38.2 Å². The number of carbonyl (C=O) groups is 1. The number of benzene rings is 1. The van der Waals surface area contributed by atoms with Gasteiger partial charge in [-0.05, 0) is 36.4 Å². The van der Waals surface area contributed by atoms with Gasteiger partial charge in [-0.15, -0.1) is 0 Å². The van der Waals surface area contributed by atoms with Crippen LogP contribution >= 0.6 is 11.8 Å². The topological polar surface area (TPSA) is 54.7 Å². The molecule has 3 rings (SSSR count). The Morgan fingerprint density at radius 1 is 1.29 bits per heavy atom. The summed E-state index contributed by atoms with van der Waals surface area (Å²) in [5.74, 6) is 3.79. The number of thioether (sulfide) groups is 1. The summed E-state index contributed by atoms with van der Waals surface area (Å²) < 4.78 is 10.7. The third kappa shape index (κ3) is 4.13. The molecule has 1 amide bonds. The molecule has 5 nitrogen and oxygen atoms in total. The molecule has 1 atom stereocenters. The molecule has 2 aromatic rings. The molecule has 0 radical (unpaired) electrons. The van der Waals surface area contributed by atoms with Gasteiger partial charge in [0.1, 0.15) is 11.5 Å². The van der Waals surface area contributed by atoms with Gasteiger partial charge in [0.15, 0.2) is 0 Å². The highest BCUT2D eigenvalue weighted by molar-refractivity contribution is 7.99. The van der Waals surface area contributed by atoms with Crippen LogP contribution in [0.25, 0.3) is 0 Å². The summed E-state index contributed by atoms with van der Waals surface area (Å²) >= 11 is 1.97. The van der Waals surface area contributed by atoms with Gasteiger partial charge in [-0.3, -0.25) is 9.69 Å². The third-order valence-electron chi connectivity index (χ3n) is 4.17. The number of rotatable bonds is 6. The van der Waals surface area contributed by atoms with Crippen LogP contribution in [-0.4, -0.2) is 49.1 Å². The number of hydrogen-bond donors (Lipinski definition) is 1. The standard InChI is InChI=1S/C18H22N2O3S/c1-22-15-6-4-14(5-7-15)18(21)19-13-16(17-3-2-10-23-17)20-8-11-24-12-9-20/h2-7,10,16H,8-9,11-13H2,1H3,(H,19,21). The lowest BCUT2D eigenvalue weighted by Crippen LogP contribution is -2.41. The van der Waals surface area contributed by atoms with Crippen molar-refractivity contribution in [3.8, 4) is 5.75 Å². The molecule has 0 aliphatic carbocycles. The zero-order valence-electron chi connectivity index (χ0n) is 13.7. The Kier molecular flexibility index (Phi) is 5.82. The fraction of sp³-hybridized carbons (Fsp3) is 0.389. The molecular weight excluding hydrogens is 324 g/mol. The number of nitrogens with one attached hydrogen (secondary N) is 1. The van der Waals surface area contributed by atoms with E-state index in [4.69, 9.17) is 9.15 Å². The van der Waals surface area contributed by atoms with E-state index >= 15 is 0 Å². The highest BCUT2D eigenvalue weighted by Crippen LogP contribution is 2.24. The summed E-state index contributed by atoms with van der Waals surface area (Å²) in [6, 6.07) is 11.1. The van der Waals surface area contributed by atoms with Crippen LogP contribution in [0.3, 0.4) is 0 Å². The van der Waals surface area contributed by atoms with Crippen molar-refractivity contribution >= 4 is 17.7 Å². The predicted molar refractivity (Wildman–Crippen MR) is 95.7 cm³/mol. The van der Waals surface area contributed by atoms with Gasteiger partial charge in [0, 0.05) is 36.7 Å². The molecule has 1 fully saturated rings. The molecular formula is C18H22N2O3S. The Morgan fingerprint density at radius 2 is 2.04 bits per heavy atom. The summed E-state index contributed by atoms with van der Waals surface area (Å²) in [5.41, 5.74) is 0.628. The normalized spacial score (nSPS) is 16.5. The zero-order valence-corrected chi connectivity index (χ0v) is 14.6. The van der Waals surface area contributed by atoms with E-state index in [9.17, 15) is 4.79 Å². The van der Waals surface area contributed by atoms with Crippen LogP contribution in [0.2, 0.25) is 0 Å². The number of furan rings is 1. The maximum absolute atomic E-state index is 12.4. The maximum atomic E-state index is 12.4. The first-order valence-corrected chi connectivity index (χ1v) is 9.21. The van der Waals surface area contributed by atoms with E-state index in [0.717, 1.165) is 36.1 Å². The number of methoxy groups -OCH3 is 1. The van der Waals surface area contributed by atoms with Crippen molar-refractivity contribution in [3.63, 3.8) is 0 Å². The van der Waals surface area contributed by atoms with Gasteiger partial charge >= 0.3 is 0 Å². The third-order valence-corrected chi connectivity index (χ3v) is 5.11. The highest BCUT2D eigenvalue weighted by atomic mass is 32.2. The van der Waals surface area contributed by atoms with E-state index in [0.29, 0.717) is 12.1 Å². The molecule has 1 saturated heterocycles. The molecule has 24 heavy (non-hydrogen) atoms. The fourth-order valence-electron chi connectivity index (χ4n) is 2.81. The Hall–Kier alpha value is -1.92. The van der Waals surface area contributed by atoms with Crippen LogP contribution < -0.4 is 10.1 Å². The molecule has 0 bridgehead atoms. The van der Waals surface area contributed by atoms with E-state index in [1.165, 1.54) is 0 Å². The lowest BCUT2D eigenvalue weighted by atomic mass is 10.1. The number of hydrogen-bond acceptors (Lipinski definition) is 5. The van der Waals surface area contributed by atoms with Crippen LogP contribution in [0.1, 0.15) is 22.2 Å². The first kappa shape index (κ1) is 16.9. The van der Waals surface area contributed by atoms with Crippen molar-refractivity contribution < 1.29 is 13.9 Å². The smallest absolute Gasteiger partial charge is 0.251 e. The molecule has 6 heteroatoms. The summed E-state index contributed by atoms with van der Waals surface area (Å²) in [4.78, 5) is 14.8. The zero-order chi connectivity index (χ0) is 16.8. The maximum Gasteiger partial charge on any atom is 0.251 e. The molecule has 1 aromatic heterocycles. The summed E-state index contributed by atoms with van der Waals surface area (Å²) in [6.07, 6.45) is 1.69.